The van der Waals surface area contributed by atoms with E-state index in [1.165, 1.54) is 0 Å². The van der Waals surface area contributed by atoms with Crippen LogP contribution in [0.25, 0.3) is 0 Å². The van der Waals surface area contributed by atoms with Crippen molar-refractivity contribution >= 4 is 39.4 Å². The van der Waals surface area contributed by atoms with E-state index in [4.69, 9.17) is 16.7 Å². The molecule has 102 valence electrons. The van der Waals surface area contributed by atoms with Crippen LogP contribution in [0.2, 0.25) is 5.02 Å². The Morgan fingerprint density at radius 3 is 2.84 bits per heavy atom. The highest BCUT2D eigenvalue weighted by Crippen LogP contribution is 2.26. The monoisotopic (exact) mass is 345 g/mol. The average Bonchev–Trinajstić information content (AvgIpc) is 2.79. The van der Waals surface area contributed by atoms with Crippen molar-refractivity contribution in [2.75, 3.05) is 13.1 Å². The van der Waals surface area contributed by atoms with Crippen LogP contribution in [0, 0.1) is 5.92 Å². The van der Waals surface area contributed by atoms with Gasteiger partial charge in [0.05, 0.1) is 5.02 Å². The number of amides is 1. The van der Waals surface area contributed by atoms with Gasteiger partial charge in [0.25, 0.3) is 5.91 Å². The molecule has 1 heterocycles. The summed E-state index contributed by atoms with van der Waals surface area (Å²) < 4.78 is 0.746. The zero-order valence-corrected chi connectivity index (χ0v) is 12.4. The van der Waals surface area contributed by atoms with Crippen molar-refractivity contribution in [3.63, 3.8) is 0 Å². The molecule has 1 aromatic carbocycles. The van der Waals surface area contributed by atoms with E-state index in [-0.39, 0.29) is 18.2 Å². The highest BCUT2D eigenvalue weighted by Gasteiger charge is 2.28. The number of aliphatic carboxylic acids is 1. The molecule has 0 aromatic heterocycles. The smallest absolute Gasteiger partial charge is 0.303 e. The number of rotatable bonds is 3. The third kappa shape index (κ3) is 3.48. The number of carbonyl (C=O) groups excluding carboxylic acids is 1. The topological polar surface area (TPSA) is 57.6 Å². The Bertz CT molecular complexity index is 521. The van der Waals surface area contributed by atoms with Gasteiger partial charge in [0.2, 0.25) is 0 Å². The molecule has 0 bridgehead atoms. The summed E-state index contributed by atoms with van der Waals surface area (Å²) in [6.07, 6.45) is 0.854. The minimum absolute atomic E-state index is 0.0485. The van der Waals surface area contributed by atoms with Gasteiger partial charge in [-0.3, -0.25) is 9.59 Å². The highest BCUT2D eigenvalue weighted by molar-refractivity contribution is 9.10. The third-order valence-corrected chi connectivity index (χ3v) is 4.44. The summed E-state index contributed by atoms with van der Waals surface area (Å²) in [6.45, 7) is 1.10. The second-order valence-corrected chi connectivity index (χ2v) is 5.89. The molecule has 0 saturated carbocycles. The lowest BCUT2D eigenvalue weighted by atomic mass is 10.1. The van der Waals surface area contributed by atoms with E-state index in [1.54, 1.807) is 23.1 Å². The predicted molar refractivity (Wildman–Crippen MR) is 75.4 cm³/mol. The molecule has 1 atom stereocenters. The first-order valence-electron chi connectivity index (χ1n) is 5.93. The number of nitrogens with zero attached hydrogens (tertiary/aromatic N) is 1. The van der Waals surface area contributed by atoms with E-state index in [0.29, 0.717) is 23.7 Å². The van der Waals surface area contributed by atoms with Crippen molar-refractivity contribution in [1.82, 2.24) is 4.90 Å². The first kappa shape index (κ1) is 14.3. The van der Waals surface area contributed by atoms with E-state index >= 15 is 0 Å². The Kier molecular flexibility index (Phi) is 4.47. The first-order chi connectivity index (χ1) is 8.97. The third-order valence-electron chi connectivity index (χ3n) is 3.20. The zero-order chi connectivity index (χ0) is 14.0. The lowest BCUT2D eigenvalue weighted by molar-refractivity contribution is -0.138. The van der Waals surface area contributed by atoms with Crippen LogP contribution < -0.4 is 0 Å². The van der Waals surface area contributed by atoms with Crippen LogP contribution in [0.4, 0.5) is 0 Å². The molecule has 2 rings (SSSR count). The molecule has 0 radical (unpaired) electrons. The normalized spacial score (nSPS) is 18.6. The van der Waals surface area contributed by atoms with Crippen LogP contribution in [0.3, 0.4) is 0 Å². The Labute approximate surface area is 124 Å². The molecule has 19 heavy (non-hydrogen) atoms. The molecule has 0 spiro atoms. The molecule has 1 N–H and O–H groups in total. The Hall–Kier alpha value is -1.07. The number of carboxylic acids is 1. The van der Waals surface area contributed by atoms with Crippen molar-refractivity contribution in [3.8, 4) is 0 Å². The number of carboxylic acid groups (broad SMARTS) is 1. The van der Waals surface area contributed by atoms with Gasteiger partial charge in [0.1, 0.15) is 0 Å². The van der Waals surface area contributed by atoms with Crippen molar-refractivity contribution in [1.29, 1.82) is 0 Å². The number of halogens is 2. The van der Waals surface area contributed by atoms with Crippen LogP contribution in [0.1, 0.15) is 23.2 Å². The zero-order valence-electron chi connectivity index (χ0n) is 10.1. The van der Waals surface area contributed by atoms with Crippen molar-refractivity contribution in [2.24, 2.45) is 5.92 Å². The van der Waals surface area contributed by atoms with Gasteiger partial charge in [-0.05, 0) is 46.5 Å². The Balaban J connectivity index is 2.04. The van der Waals surface area contributed by atoms with Gasteiger partial charge in [-0.1, -0.05) is 11.6 Å². The average molecular weight is 347 g/mol. The van der Waals surface area contributed by atoms with Crippen LogP contribution in [0.5, 0.6) is 0 Å². The van der Waals surface area contributed by atoms with Gasteiger partial charge >= 0.3 is 5.97 Å². The van der Waals surface area contributed by atoms with E-state index in [0.717, 1.165) is 10.9 Å². The number of hydrogen-bond donors (Lipinski definition) is 1. The highest BCUT2D eigenvalue weighted by atomic mass is 79.9. The van der Waals surface area contributed by atoms with E-state index in [9.17, 15) is 9.59 Å². The number of likely N-dealkylation sites (tertiary alicyclic amines) is 1. The van der Waals surface area contributed by atoms with Crippen LogP contribution in [0.15, 0.2) is 22.7 Å². The molecule has 1 fully saturated rings. The molecule has 1 saturated heterocycles. The summed E-state index contributed by atoms with van der Waals surface area (Å²) in [4.78, 5) is 24.6. The molecule has 6 heteroatoms. The second-order valence-electron chi connectivity index (χ2n) is 4.63. The van der Waals surface area contributed by atoms with Crippen LogP contribution >= 0.6 is 27.5 Å². The van der Waals surface area contributed by atoms with Crippen molar-refractivity contribution in [3.05, 3.63) is 33.3 Å². The van der Waals surface area contributed by atoms with E-state index < -0.39 is 5.97 Å². The predicted octanol–water partition coefficient (Wildman–Crippen LogP) is 3.04. The summed E-state index contributed by atoms with van der Waals surface area (Å²) >= 11 is 9.24. The molecule has 1 amide bonds. The number of carbonyl (C=O) groups is 2. The maximum absolute atomic E-state index is 12.2. The quantitative estimate of drug-likeness (QED) is 0.915. The van der Waals surface area contributed by atoms with Gasteiger partial charge < -0.3 is 10.0 Å². The fourth-order valence-corrected chi connectivity index (χ4v) is 2.67. The van der Waals surface area contributed by atoms with Gasteiger partial charge in [-0.2, -0.15) is 0 Å². The summed E-state index contributed by atoms with van der Waals surface area (Å²) in [5.41, 5.74) is 0.532. The maximum Gasteiger partial charge on any atom is 0.303 e. The largest absolute Gasteiger partial charge is 0.481 e. The molecule has 0 aliphatic carbocycles. The molecule has 1 aliphatic heterocycles. The van der Waals surface area contributed by atoms with Gasteiger partial charge in [-0.25, -0.2) is 0 Å². The molecular formula is C13H13BrClNO3. The van der Waals surface area contributed by atoms with Gasteiger partial charge in [-0.15, -0.1) is 0 Å². The Morgan fingerprint density at radius 2 is 2.21 bits per heavy atom. The number of hydrogen-bond acceptors (Lipinski definition) is 2. The van der Waals surface area contributed by atoms with E-state index in [2.05, 4.69) is 15.9 Å². The van der Waals surface area contributed by atoms with Crippen LogP contribution in [-0.4, -0.2) is 35.0 Å². The fourth-order valence-electron chi connectivity index (χ4n) is 2.24. The van der Waals surface area contributed by atoms with E-state index in [1.807, 2.05) is 0 Å². The van der Waals surface area contributed by atoms with Crippen LogP contribution in [-0.2, 0) is 4.79 Å². The molecular weight excluding hydrogens is 334 g/mol. The minimum atomic E-state index is -0.814. The fraction of sp³-hybridized carbons (Fsp3) is 0.385. The summed E-state index contributed by atoms with van der Waals surface area (Å²) in [5, 5.41) is 9.25. The summed E-state index contributed by atoms with van der Waals surface area (Å²) in [5.74, 6) is -0.861. The standard InChI is InChI=1S/C13H13BrClNO3/c14-10-2-1-9(6-11(10)15)13(19)16-4-3-8(7-16)5-12(17)18/h1-2,6,8H,3-5,7H2,(H,17,18). The molecule has 1 unspecified atom stereocenters. The van der Waals surface area contributed by atoms with Gasteiger partial charge in [0, 0.05) is 29.5 Å². The van der Waals surface area contributed by atoms with Gasteiger partial charge in [0.15, 0.2) is 0 Å². The SMILES string of the molecule is O=C(O)CC1CCN(C(=O)c2ccc(Br)c(Cl)c2)C1. The summed E-state index contributed by atoms with van der Waals surface area (Å²) in [6, 6.07) is 5.07. The molecule has 1 aliphatic rings. The first-order valence-corrected chi connectivity index (χ1v) is 7.10. The Morgan fingerprint density at radius 1 is 1.47 bits per heavy atom. The minimum Gasteiger partial charge on any atom is -0.481 e. The number of benzene rings is 1. The lowest BCUT2D eigenvalue weighted by Crippen LogP contribution is -2.29. The van der Waals surface area contributed by atoms with Crippen molar-refractivity contribution in [2.45, 2.75) is 12.8 Å². The summed E-state index contributed by atoms with van der Waals surface area (Å²) in [7, 11) is 0. The molecule has 1 aromatic rings. The molecule has 4 nitrogen and oxygen atoms in total. The maximum atomic E-state index is 12.2. The van der Waals surface area contributed by atoms with Crippen molar-refractivity contribution < 1.29 is 14.7 Å². The second kappa shape index (κ2) is 5.92. The lowest BCUT2D eigenvalue weighted by Gasteiger charge is -2.16.